The van der Waals surface area contributed by atoms with Crippen LogP contribution in [0, 0.1) is 20.8 Å². The van der Waals surface area contributed by atoms with Gasteiger partial charge in [0.05, 0.1) is 19.6 Å². The van der Waals surface area contributed by atoms with Gasteiger partial charge in [-0.3, -0.25) is 0 Å². The summed E-state index contributed by atoms with van der Waals surface area (Å²) in [4.78, 5) is 0. The Bertz CT molecular complexity index is 664. The van der Waals surface area contributed by atoms with Gasteiger partial charge in [-0.15, -0.1) is 11.6 Å². The highest BCUT2D eigenvalue weighted by Gasteiger charge is 2.24. The van der Waals surface area contributed by atoms with Crippen molar-refractivity contribution in [2.45, 2.75) is 26.1 Å². The highest BCUT2D eigenvalue weighted by Crippen LogP contribution is 2.43. The molecule has 2 aromatic rings. The van der Waals surface area contributed by atoms with Crippen molar-refractivity contribution in [1.29, 1.82) is 0 Å². The summed E-state index contributed by atoms with van der Waals surface area (Å²) in [7, 11) is 3.22. The molecule has 1 unspecified atom stereocenters. The van der Waals surface area contributed by atoms with Gasteiger partial charge < -0.3 is 13.9 Å². The van der Waals surface area contributed by atoms with Crippen LogP contribution in [0.5, 0.6) is 11.5 Å². The zero-order valence-electron chi connectivity index (χ0n) is 12.7. The smallest absolute Gasteiger partial charge is 0.161 e. The molecule has 5 heteroatoms. The zero-order valence-corrected chi connectivity index (χ0v) is 15.1. The number of rotatable bonds is 4. The van der Waals surface area contributed by atoms with Crippen LogP contribution >= 0.6 is 27.5 Å². The lowest BCUT2D eigenvalue weighted by Crippen LogP contribution is -2.00. The van der Waals surface area contributed by atoms with Gasteiger partial charge in [-0.1, -0.05) is 15.9 Å². The molecular formula is C16H18BrClO3. The van der Waals surface area contributed by atoms with Crippen LogP contribution in [0.2, 0.25) is 0 Å². The highest BCUT2D eigenvalue weighted by atomic mass is 79.9. The van der Waals surface area contributed by atoms with Crippen molar-refractivity contribution in [2.75, 3.05) is 14.2 Å². The molecule has 3 nitrogen and oxygen atoms in total. The van der Waals surface area contributed by atoms with E-state index < -0.39 is 0 Å². The minimum absolute atomic E-state index is 0.323. The molecular weight excluding hydrogens is 356 g/mol. The topological polar surface area (TPSA) is 31.6 Å². The fraction of sp³-hybridized carbons (Fsp3) is 0.375. The van der Waals surface area contributed by atoms with Crippen LogP contribution < -0.4 is 9.47 Å². The highest BCUT2D eigenvalue weighted by molar-refractivity contribution is 9.10. The first-order valence-corrected chi connectivity index (χ1v) is 7.75. The van der Waals surface area contributed by atoms with Crippen LogP contribution in [0.4, 0.5) is 0 Å². The molecule has 0 spiro atoms. The fourth-order valence-electron chi connectivity index (χ4n) is 2.40. The second-order valence-electron chi connectivity index (χ2n) is 4.84. The largest absolute Gasteiger partial charge is 0.493 e. The van der Waals surface area contributed by atoms with E-state index >= 15 is 0 Å². The van der Waals surface area contributed by atoms with Crippen molar-refractivity contribution >= 4 is 27.5 Å². The van der Waals surface area contributed by atoms with Crippen molar-refractivity contribution in [1.82, 2.24) is 0 Å². The average Bonchev–Trinajstić information content (AvgIpc) is 2.71. The van der Waals surface area contributed by atoms with Gasteiger partial charge in [-0.2, -0.15) is 0 Å². The SMILES string of the molecule is COc1cc(Br)c(C(Cl)c2c(C)oc(C)c2C)cc1OC. The van der Waals surface area contributed by atoms with Crippen LogP contribution in [0.15, 0.2) is 21.0 Å². The maximum Gasteiger partial charge on any atom is 0.161 e. The van der Waals surface area contributed by atoms with E-state index in [1.54, 1.807) is 14.2 Å². The van der Waals surface area contributed by atoms with Crippen LogP contribution in [0.25, 0.3) is 0 Å². The Morgan fingerprint density at radius 3 is 2.10 bits per heavy atom. The molecule has 114 valence electrons. The van der Waals surface area contributed by atoms with E-state index in [1.807, 2.05) is 32.9 Å². The molecule has 0 amide bonds. The lowest BCUT2D eigenvalue weighted by molar-refractivity contribution is 0.354. The van der Waals surface area contributed by atoms with Crippen molar-refractivity contribution in [3.8, 4) is 11.5 Å². The van der Waals surface area contributed by atoms with E-state index in [2.05, 4.69) is 15.9 Å². The van der Waals surface area contributed by atoms with Crippen LogP contribution in [-0.2, 0) is 0 Å². The van der Waals surface area contributed by atoms with E-state index in [0.717, 1.165) is 32.7 Å². The van der Waals surface area contributed by atoms with Crippen molar-refractivity contribution in [3.05, 3.63) is 44.8 Å². The van der Waals surface area contributed by atoms with E-state index in [-0.39, 0.29) is 5.38 Å². The first kappa shape index (κ1) is 16.2. The molecule has 0 bridgehead atoms. The molecule has 0 saturated heterocycles. The van der Waals surface area contributed by atoms with Gasteiger partial charge in [0.15, 0.2) is 11.5 Å². The number of hydrogen-bond acceptors (Lipinski definition) is 3. The van der Waals surface area contributed by atoms with Gasteiger partial charge in [-0.25, -0.2) is 0 Å². The quantitative estimate of drug-likeness (QED) is 0.680. The Kier molecular flexibility index (Phi) is 4.89. The van der Waals surface area contributed by atoms with E-state index in [0.29, 0.717) is 11.5 Å². The normalized spacial score (nSPS) is 12.3. The van der Waals surface area contributed by atoms with Crippen molar-refractivity contribution in [3.63, 3.8) is 0 Å². The summed E-state index contributed by atoms with van der Waals surface area (Å²) in [6.07, 6.45) is 0. The summed E-state index contributed by atoms with van der Waals surface area (Å²) in [6.45, 7) is 5.89. The number of furan rings is 1. The van der Waals surface area contributed by atoms with Gasteiger partial charge in [-0.05, 0) is 44.0 Å². The molecule has 1 atom stereocenters. The molecule has 0 radical (unpaired) electrons. The second kappa shape index (κ2) is 6.32. The van der Waals surface area contributed by atoms with Crippen molar-refractivity contribution < 1.29 is 13.9 Å². The zero-order chi connectivity index (χ0) is 15.7. The number of methoxy groups -OCH3 is 2. The van der Waals surface area contributed by atoms with E-state index in [1.165, 1.54) is 0 Å². The minimum Gasteiger partial charge on any atom is -0.493 e. The van der Waals surface area contributed by atoms with Gasteiger partial charge in [0, 0.05) is 10.0 Å². The monoisotopic (exact) mass is 372 g/mol. The standard InChI is InChI=1S/C16H18BrClO3/c1-8-9(2)21-10(3)15(8)16(18)11-6-13(19-4)14(20-5)7-12(11)17/h6-7,16H,1-5H3. The summed E-state index contributed by atoms with van der Waals surface area (Å²) >= 11 is 10.3. The maximum atomic E-state index is 6.70. The summed E-state index contributed by atoms with van der Waals surface area (Å²) in [5.74, 6) is 3.04. The third kappa shape index (κ3) is 2.92. The number of aryl methyl sites for hydroxylation is 2. The number of alkyl halides is 1. The Morgan fingerprint density at radius 1 is 1.05 bits per heavy atom. The molecule has 0 saturated carbocycles. The predicted molar refractivity (Wildman–Crippen MR) is 87.9 cm³/mol. The van der Waals surface area contributed by atoms with Crippen LogP contribution in [-0.4, -0.2) is 14.2 Å². The van der Waals surface area contributed by atoms with Crippen LogP contribution in [0.3, 0.4) is 0 Å². The van der Waals surface area contributed by atoms with Gasteiger partial charge >= 0.3 is 0 Å². The maximum absolute atomic E-state index is 6.70. The van der Waals surface area contributed by atoms with Gasteiger partial charge in [0.25, 0.3) is 0 Å². The van der Waals surface area contributed by atoms with Gasteiger partial charge in [0.1, 0.15) is 11.5 Å². The summed E-state index contributed by atoms with van der Waals surface area (Å²) in [5, 5.41) is -0.323. The first-order chi connectivity index (χ1) is 9.90. The predicted octanol–water partition coefficient (Wildman–Crippen LogP) is 5.31. The molecule has 1 aromatic heterocycles. The Balaban J connectivity index is 2.55. The molecule has 0 N–H and O–H groups in total. The lowest BCUT2D eigenvalue weighted by Gasteiger charge is -2.16. The Labute approximate surface area is 138 Å². The minimum atomic E-state index is -0.323. The molecule has 0 fully saturated rings. The van der Waals surface area contributed by atoms with Gasteiger partial charge in [0.2, 0.25) is 0 Å². The number of hydrogen-bond donors (Lipinski definition) is 0. The first-order valence-electron chi connectivity index (χ1n) is 6.52. The number of halogens is 2. The summed E-state index contributed by atoms with van der Waals surface area (Å²) < 4.78 is 17.2. The molecule has 2 rings (SSSR count). The summed E-state index contributed by atoms with van der Waals surface area (Å²) in [6, 6.07) is 3.75. The third-order valence-corrected chi connectivity index (χ3v) is 4.79. The Hall–Kier alpha value is -1.13. The molecule has 1 heterocycles. The third-order valence-electron chi connectivity index (χ3n) is 3.65. The lowest BCUT2D eigenvalue weighted by atomic mass is 10.0. The Morgan fingerprint density at radius 2 is 1.62 bits per heavy atom. The molecule has 0 aliphatic rings. The summed E-state index contributed by atoms with van der Waals surface area (Å²) in [5.41, 5.74) is 3.00. The van der Waals surface area contributed by atoms with E-state index in [9.17, 15) is 0 Å². The second-order valence-corrected chi connectivity index (χ2v) is 6.14. The molecule has 0 aliphatic heterocycles. The van der Waals surface area contributed by atoms with E-state index in [4.69, 9.17) is 25.5 Å². The molecule has 1 aromatic carbocycles. The fourth-order valence-corrected chi connectivity index (χ4v) is 3.58. The van der Waals surface area contributed by atoms with Crippen molar-refractivity contribution in [2.24, 2.45) is 0 Å². The average molecular weight is 374 g/mol. The van der Waals surface area contributed by atoms with Crippen LogP contribution in [0.1, 0.15) is 33.6 Å². The molecule has 21 heavy (non-hydrogen) atoms. The number of benzene rings is 1. The number of ether oxygens (including phenoxy) is 2. The molecule has 0 aliphatic carbocycles.